The summed E-state index contributed by atoms with van der Waals surface area (Å²) in [5.74, 6) is 1.76. The molecule has 1 fully saturated rings. The summed E-state index contributed by atoms with van der Waals surface area (Å²) in [6, 6.07) is 0. The molecule has 0 atom stereocenters. The van der Waals surface area contributed by atoms with Crippen molar-refractivity contribution in [3.63, 3.8) is 0 Å². The molecule has 0 amide bonds. The molecule has 0 radical (unpaired) electrons. The number of nitrogens with zero attached hydrogens (tertiary/aromatic N) is 6. The molecule has 0 N–H and O–H groups in total. The molecule has 0 spiro atoms. The Labute approximate surface area is 122 Å². The summed E-state index contributed by atoms with van der Waals surface area (Å²) in [5.41, 5.74) is 1.09. The second-order valence-corrected chi connectivity index (χ2v) is 5.61. The maximum absolute atomic E-state index is 4.55. The van der Waals surface area contributed by atoms with Crippen molar-refractivity contribution in [3.8, 4) is 0 Å². The lowest BCUT2D eigenvalue weighted by atomic mass is 10.3. The third-order valence-corrected chi connectivity index (χ3v) is 4.19. The number of hydrogen-bond donors (Lipinski definition) is 0. The molecule has 1 aliphatic rings. The average molecular weight is 290 g/mol. The molecule has 2 aromatic rings. The van der Waals surface area contributed by atoms with Crippen LogP contribution in [0.25, 0.3) is 0 Å². The van der Waals surface area contributed by atoms with Gasteiger partial charge in [0.15, 0.2) is 0 Å². The zero-order chi connectivity index (χ0) is 13.9. The summed E-state index contributed by atoms with van der Waals surface area (Å²) in [7, 11) is 0. The van der Waals surface area contributed by atoms with E-state index in [4.69, 9.17) is 0 Å². The lowest BCUT2D eigenvalue weighted by molar-refractivity contribution is 0.637. The average Bonchev–Trinajstić information content (AvgIpc) is 2.97. The fraction of sp³-hybridized carbons (Fsp3) is 0.538. The van der Waals surface area contributed by atoms with Crippen molar-refractivity contribution in [2.45, 2.75) is 20.3 Å². The van der Waals surface area contributed by atoms with Gasteiger partial charge in [0, 0.05) is 56.5 Å². The molecule has 0 aromatic carbocycles. The summed E-state index contributed by atoms with van der Waals surface area (Å²) in [6.07, 6.45) is 4.63. The first-order valence-corrected chi connectivity index (χ1v) is 7.64. The SMILES string of the molecule is CCc1nsc(N2CCN(c3ncc(C)cn3)CC2)n1. The van der Waals surface area contributed by atoms with Crippen molar-refractivity contribution in [2.24, 2.45) is 0 Å². The zero-order valence-electron chi connectivity index (χ0n) is 11.8. The maximum Gasteiger partial charge on any atom is 0.225 e. The van der Waals surface area contributed by atoms with Crippen molar-refractivity contribution in [2.75, 3.05) is 36.0 Å². The molecular weight excluding hydrogens is 272 g/mol. The van der Waals surface area contributed by atoms with Gasteiger partial charge >= 0.3 is 0 Å². The molecule has 1 saturated heterocycles. The van der Waals surface area contributed by atoms with Crippen LogP contribution in [0.4, 0.5) is 11.1 Å². The number of aryl methyl sites for hydroxylation is 2. The second kappa shape index (κ2) is 5.70. The van der Waals surface area contributed by atoms with Crippen LogP contribution in [-0.4, -0.2) is 45.5 Å². The van der Waals surface area contributed by atoms with Crippen molar-refractivity contribution in [3.05, 3.63) is 23.8 Å². The minimum atomic E-state index is 0.821. The molecule has 2 aromatic heterocycles. The number of anilines is 2. The van der Waals surface area contributed by atoms with E-state index in [2.05, 4.69) is 36.0 Å². The molecule has 1 aliphatic heterocycles. The quantitative estimate of drug-likeness (QED) is 0.854. The summed E-state index contributed by atoms with van der Waals surface area (Å²) >= 11 is 1.49. The summed E-state index contributed by atoms with van der Waals surface area (Å²) in [6.45, 7) is 7.81. The Morgan fingerprint density at radius 3 is 2.35 bits per heavy atom. The Balaban J connectivity index is 1.63. The third kappa shape index (κ3) is 2.72. The highest BCUT2D eigenvalue weighted by Gasteiger charge is 2.21. The van der Waals surface area contributed by atoms with Crippen molar-refractivity contribution < 1.29 is 0 Å². The predicted molar refractivity (Wildman–Crippen MR) is 80.5 cm³/mol. The van der Waals surface area contributed by atoms with Gasteiger partial charge < -0.3 is 9.80 Å². The smallest absolute Gasteiger partial charge is 0.225 e. The molecule has 0 unspecified atom stereocenters. The largest absolute Gasteiger partial charge is 0.343 e. The van der Waals surface area contributed by atoms with Crippen LogP contribution in [0.5, 0.6) is 0 Å². The molecule has 3 heterocycles. The van der Waals surface area contributed by atoms with Gasteiger partial charge in [0.1, 0.15) is 5.82 Å². The van der Waals surface area contributed by atoms with Crippen LogP contribution in [0.2, 0.25) is 0 Å². The zero-order valence-corrected chi connectivity index (χ0v) is 12.6. The van der Waals surface area contributed by atoms with Gasteiger partial charge in [0.2, 0.25) is 11.1 Å². The van der Waals surface area contributed by atoms with Crippen LogP contribution in [-0.2, 0) is 6.42 Å². The van der Waals surface area contributed by atoms with Crippen LogP contribution in [0.1, 0.15) is 18.3 Å². The highest BCUT2D eigenvalue weighted by Crippen LogP contribution is 2.20. The normalized spacial score (nSPS) is 15.7. The first-order chi connectivity index (χ1) is 9.76. The summed E-state index contributed by atoms with van der Waals surface area (Å²) < 4.78 is 4.35. The first-order valence-electron chi connectivity index (χ1n) is 6.87. The summed E-state index contributed by atoms with van der Waals surface area (Å²) in [4.78, 5) is 17.8. The number of hydrogen-bond acceptors (Lipinski definition) is 7. The molecule has 0 bridgehead atoms. The monoisotopic (exact) mass is 290 g/mol. The molecule has 7 heteroatoms. The summed E-state index contributed by atoms with van der Waals surface area (Å²) in [5, 5.41) is 1.03. The molecule has 6 nitrogen and oxygen atoms in total. The Kier molecular flexibility index (Phi) is 3.77. The molecule has 3 rings (SSSR count). The van der Waals surface area contributed by atoms with Gasteiger partial charge in [-0.3, -0.25) is 0 Å². The van der Waals surface area contributed by atoms with Gasteiger partial charge in [0.25, 0.3) is 0 Å². The minimum absolute atomic E-state index is 0.821. The van der Waals surface area contributed by atoms with E-state index in [-0.39, 0.29) is 0 Å². The van der Waals surface area contributed by atoms with Crippen molar-refractivity contribution >= 4 is 22.6 Å². The predicted octanol–water partition coefficient (Wildman–Crippen LogP) is 1.53. The fourth-order valence-corrected chi connectivity index (χ4v) is 2.96. The first kappa shape index (κ1) is 13.2. The maximum atomic E-state index is 4.55. The minimum Gasteiger partial charge on any atom is -0.343 e. The van der Waals surface area contributed by atoms with E-state index in [9.17, 15) is 0 Å². The standard InChI is InChI=1S/C13H18N6S/c1-3-11-16-13(20-17-11)19-6-4-18(5-7-19)12-14-8-10(2)9-15-12/h8-9H,3-7H2,1-2H3. The Morgan fingerprint density at radius 2 is 1.75 bits per heavy atom. The Bertz CT molecular complexity index is 558. The van der Waals surface area contributed by atoms with Crippen LogP contribution in [0.15, 0.2) is 12.4 Å². The second-order valence-electron chi connectivity index (χ2n) is 4.88. The molecule has 106 valence electrons. The Hall–Kier alpha value is -1.76. The van der Waals surface area contributed by atoms with Gasteiger partial charge in [-0.2, -0.15) is 4.37 Å². The third-order valence-electron chi connectivity index (χ3n) is 3.37. The highest BCUT2D eigenvalue weighted by molar-refractivity contribution is 7.09. The number of aromatic nitrogens is 4. The van der Waals surface area contributed by atoms with E-state index in [0.29, 0.717) is 0 Å². The van der Waals surface area contributed by atoms with Crippen LogP contribution in [0, 0.1) is 6.92 Å². The van der Waals surface area contributed by atoms with Gasteiger partial charge in [0.05, 0.1) is 0 Å². The fourth-order valence-electron chi connectivity index (χ4n) is 2.16. The number of piperazine rings is 1. The van der Waals surface area contributed by atoms with E-state index in [1.165, 1.54) is 11.5 Å². The van der Waals surface area contributed by atoms with Crippen molar-refractivity contribution in [1.82, 2.24) is 19.3 Å². The lowest BCUT2D eigenvalue weighted by Crippen LogP contribution is -2.47. The number of rotatable bonds is 3. The van der Waals surface area contributed by atoms with Gasteiger partial charge in [-0.05, 0) is 12.5 Å². The van der Waals surface area contributed by atoms with Gasteiger partial charge in [-0.25, -0.2) is 15.0 Å². The van der Waals surface area contributed by atoms with Crippen LogP contribution >= 0.6 is 11.5 Å². The van der Waals surface area contributed by atoms with Crippen LogP contribution in [0.3, 0.4) is 0 Å². The van der Waals surface area contributed by atoms with Gasteiger partial charge in [-0.15, -0.1) is 0 Å². The van der Waals surface area contributed by atoms with E-state index < -0.39 is 0 Å². The lowest BCUT2D eigenvalue weighted by Gasteiger charge is -2.34. The molecule has 0 aliphatic carbocycles. The van der Waals surface area contributed by atoms with Gasteiger partial charge in [-0.1, -0.05) is 6.92 Å². The highest BCUT2D eigenvalue weighted by atomic mass is 32.1. The molecule has 20 heavy (non-hydrogen) atoms. The molecular formula is C13H18N6S. The van der Waals surface area contributed by atoms with E-state index in [0.717, 1.165) is 55.1 Å². The van der Waals surface area contributed by atoms with E-state index in [1.54, 1.807) is 0 Å². The van der Waals surface area contributed by atoms with Crippen LogP contribution < -0.4 is 9.80 Å². The Morgan fingerprint density at radius 1 is 1.10 bits per heavy atom. The van der Waals surface area contributed by atoms with Crippen molar-refractivity contribution in [1.29, 1.82) is 0 Å². The molecule has 0 saturated carbocycles. The van der Waals surface area contributed by atoms with E-state index in [1.807, 2.05) is 19.3 Å². The van der Waals surface area contributed by atoms with E-state index >= 15 is 0 Å². The topological polar surface area (TPSA) is 58.0 Å².